The Hall–Kier alpha value is -2.89. The van der Waals surface area contributed by atoms with Gasteiger partial charge in [0.2, 0.25) is 0 Å². The van der Waals surface area contributed by atoms with E-state index in [1.807, 2.05) is 30.9 Å². The van der Waals surface area contributed by atoms with Crippen molar-refractivity contribution < 1.29 is 13.6 Å². The smallest absolute Gasteiger partial charge is 0.274 e. The second kappa shape index (κ2) is 6.44. The van der Waals surface area contributed by atoms with Gasteiger partial charge in [0.1, 0.15) is 17.3 Å². The fraction of sp³-hybridized carbons (Fsp3) is 0.300. The minimum Gasteiger partial charge on any atom is -0.464 e. The van der Waals surface area contributed by atoms with E-state index in [0.717, 1.165) is 35.7 Å². The van der Waals surface area contributed by atoms with Gasteiger partial charge in [-0.05, 0) is 69.2 Å². The fourth-order valence-electron chi connectivity index (χ4n) is 3.51. The second-order valence-corrected chi connectivity index (χ2v) is 6.66. The summed E-state index contributed by atoms with van der Waals surface area (Å²) in [7, 11) is 0. The van der Waals surface area contributed by atoms with Gasteiger partial charge in [0.15, 0.2) is 5.69 Å². The van der Waals surface area contributed by atoms with E-state index in [2.05, 4.69) is 5.10 Å². The molecular formula is C20H20FN3O2. The molecule has 1 fully saturated rings. The first-order chi connectivity index (χ1) is 12.5. The highest BCUT2D eigenvalue weighted by Crippen LogP contribution is 2.34. The summed E-state index contributed by atoms with van der Waals surface area (Å²) >= 11 is 0. The summed E-state index contributed by atoms with van der Waals surface area (Å²) < 4.78 is 20.5. The van der Waals surface area contributed by atoms with Gasteiger partial charge in [0, 0.05) is 12.2 Å². The molecule has 1 amide bonds. The number of carbonyl (C=O) groups is 1. The Balaban J connectivity index is 1.62. The summed E-state index contributed by atoms with van der Waals surface area (Å²) in [5, 5.41) is 4.46. The van der Waals surface area contributed by atoms with Crippen LogP contribution < -0.4 is 0 Å². The lowest BCUT2D eigenvalue weighted by Crippen LogP contribution is -2.30. The van der Waals surface area contributed by atoms with E-state index in [9.17, 15) is 9.18 Å². The molecule has 6 heteroatoms. The molecule has 0 N–H and O–H groups in total. The maximum atomic E-state index is 13.1. The summed E-state index contributed by atoms with van der Waals surface area (Å²) in [6.07, 6.45) is 1.82. The standard InChI is InChI=1S/C20H20FN3O2/c1-13-12-17(22-24(13)16-8-6-15(21)7-9-16)20(25)23-11-3-4-18(23)19-10-5-14(2)26-19/h5-10,12,18H,3-4,11H2,1-2H3. The zero-order valence-electron chi connectivity index (χ0n) is 14.8. The van der Waals surface area contributed by atoms with Crippen LogP contribution in [0.1, 0.15) is 46.6 Å². The van der Waals surface area contributed by atoms with Crippen LogP contribution in [0.25, 0.3) is 5.69 Å². The van der Waals surface area contributed by atoms with Gasteiger partial charge in [-0.15, -0.1) is 0 Å². The van der Waals surface area contributed by atoms with Gasteiger partial charge in [0.25, 0.3) is 5.91 Å². The summed E-state index contributed by atoms with van der Waals surface area (Å²) in [6.45, 7) is 4.47. The molecule has 4 rings (SSSR count). The number of halogens is 1. The van der Waals surface area contributed by atoms with Crippen molar-refractivity contribution in [1.29, 1.82) is 0 Å². The molecule has 26 heavy (non-hydrogen) atoms. The molecule has 3 aromatic rings. The zero-order chi connectivity index (χ0) is 18.3. The first kappa shape index (κ1) is 16.6. The average Bonchev–Trinajstić information content (AvgIpc) is 3.34. The van der Waals surface area contributed by atoms with Crippen LogP contribution in [-0.2, 0) is 0 Å². The lowest BCUT2D eigenvalue weighted by molar-refractivity contribution is 0.0712. The van der Waals surface area contributed by atoms with Gasteiger partial charge >= 0.3 is 0 Å². The van der Waals surface area contributed by atoms with Crippen LogP contribution >= 0.6 is 0 Å². The van der Waals surface area contributed by atoms with Crippen molar-refractivity contribution in [2.45, 2.75) is 32.7 Å². The van der Waals surface area contributed by atoms with Crippen LogP contribution in [0.2, 0.25) is 0 Å². The van der Waals surface area contributed by atoms with Crippen molar-refractivity contribution in [3.8, 4) is 5.69 Å². The Morgan fingerprint density at radius 1 is 1.19 bits per heavy atom. The van der Waals surface area contributed by atoms with Crippen LogP contribution in [0.15, 0.2) is 46.9 Å². The Bertz CT molecular complexity index is 942. The molecular weight excluding hydrogens is 333 g/mol. The topological polar surface area (TPSA) is 51.3 Å². The highest BCUT2D eigenvalue weighted by atomic mass is 19.1. The predicted molar refractivity (Wildman–Crippen MR) is 94.7 cm³/mol. The molecule has 134 valence electrons. The van der Waals surface area contributed by atoms with E-state index < -0.39 is 0 Å². The fourth-order valence-corrected chi connectivity index (χ4v) is 3.51. The SMILES string of the molecule is Cc1ccc(C2CCCN2C(=O)c2cc(C)n(-c3ccc(F)cc3)n2)o1. The molecule has 0 bridgehead atoms. The number of benzene rings is 1. The van der Waals surface area contributed by atoms with Crippen molar-refractivity contribution in [2.24, 2.45) is 0 Å². The van der Waals surface area contributed by atoms with Crippen molar-refractivity contribution in [1.82, 2.24) is 14.7 Å². The highest BCUT2D eigenvalue weighted by molar-refractivity contribution is 5.93. The quantitative estimate of drug-likeness (QED) is 0.709. The number of aryl methyl sites for hydroxylation is 2. The Morgan fingerprint density at radius 3 is 2.65 bits per heavy atom. The molecule has 1 atom stereocenters. The first-order valence-corrected chi connectivity index (χ1v) is 8.73. The number of nitrogens with zero attached hydrogens (tertiary/aromatic N) is 3. The number of carbonyl (C=O) groups excluding carboxylic acids is 1. The number of rotatable bonds is 3. The molecule has 1 unspecified atom stereocenters. The van der Waals surface area contributed by atoms with E-state index in [4.69, 9.17) is 4.42 Å². The number of furan rings is 1. The first-order valence-electron chi connectivity index (χ1n) is 8.73. The van der Waals surface area contributed by atoms with E-state index in [1.54, 1.807) is 22.9 Å². The number of aromatic nitrogens is 2. The van der Waals surface area contributed by atoms with Gasteiger partial charge in [-0.2, -0.15) is 5.10 Å². The maximum absolute atomic E-state index is 13.1. The van der Waals surface area contributed by atoms with Gasteiger partial charge in [-0.25, -0.2) is 9.07 Å². The van der Waals surface area contributed by atoms with Crippen LogP contribution in [0.3, 0.4) is 0 Å². The lowest BCUT2D eigenvalue weighted by atomic mass is 10.1. The molecule has 0 radical (unpaired) electrons. The van der Waals surface area contributed by atoms with Crippen molar-refractivity contribution in [3.63, 3.8) is 0 Å². The summed E-state index contributed by atoms with van der Waals surface area (Å²) in [6, 6.07) is 11.6. The minimum atomic E-state index is -0.302. The number of amides is 1. The highest BCUT2D eigenvalue weighted by Gasteiger charge is 2.33. The van der Waals surface area contributed by atoms with Crippen LogP contribution in [0, 0.1) is 19.7 Å². The number of hydrogen-bond acceptors (Lipinski definition) is 3. The molecule has 0 aliphatic carbocycles. The molecule has 0 spiro atoms. The average molecular weight is 353 g/mol. The Kier molecular flexibility index (Phi) is 4.11. The predicted octanol–water partition coefficient (Wildman–Crippen LogP) is 4.20. The largest absolute Gasteiger partial charge is 0.464 e. The monoisotopic (exact) mass is 353 g/mol. The zero-order valence-corrected chi connectivity index (χ0v) is 14.8. The van der Waals surface area contributed by atoms with Crippen molar-refractivity contribution in [2.75, 3.05) is 6.54 Å². The summed E-state index contributed by atoms with van der Waals surface area (Å²) in [4.78, 5) is 14.9. The van der Waals surface area contributed by atoms with Gasteiger partial charge in [-0.3, -0.25) is 4.79 Å². The van der Waals surface area contributed by atoms with E-state index in [0.29, 0.717) is 12.2 Å². The molecule has 2 aromatic heterocycles. The van der Waals surface area contributed by atoms with Crippen LogP contribution in [-0.4, -0.2) is 27.1 Å². The summed E-state index contributed by atoms with van der Waals surface area (Å²) in [5.41, 5.74) is 1.94. The number of likely N-dealkylation sites (tertiary alicyclic amines) is 1. The Labute approximate surface area is 151 Å². The third kappa shape index (κ3) is 2.92. The molecule has 1 aliphatic heterocycles. The molecule has 1 aliphatic rings. The summed E-state index contributed by atoms with van der Waals surface area (Å²) in [5.74, 6) is 1.26. The van der Waals surface area contributed by atoms with E-state index >= 15 is 0 Å². The maximum Gasteiger partial charge on any atom is 0.274 e. The molecule has 5 nitrogen and oxygen atoms in total. The second-order valence-electron chi connectivity index (χ2n) is 6.66. The third-order valence-corrected chi connectivity index (χ3v) is 4.78. The van der Waals surface area contributed by atoms with Crippen molar-refractivity contribution in [3.05, 3.63) is 71.2 Å². The normalized spacial score (nSPS) is 17.0. The van der Waals surface area contributed by atoms with Crippen molar-refractivity contribution >= 4 is 5.91 Å². The van der Waals surface area contributed by atoms with E-state index in [-0.39, 0.29) is 17.8 Å². The van der Waals surface area contributed by atoms with Crippen LogP contribution in [0.4, 0.5) is 4.39 Å². The van der Waals surface area contributed by atoms with Gasteiger partial charge < -0.3 is 9.32 Å². The third-order valence-electron chi connectivity index (χ3n) is 4.78. The number of hydrogen-bond donors (Lipinski definition) is 0. The molecule has 0 saturated carbocycles. The van der Waals surface area contributed by atoms with Gasteiger partial charge in [-0.1, -0.05) is 0 Å². The molecule has 1 saturated heterocycles. The van der Waals surface area contributed by atoms with Gasteiger partial charge in [0.05, 0.1) is 11.7 Å². The van der Waals surface area contributed by atoms with E-state index in [1.165, 1.54) is 12.1 Å². The molecule has 1 aromatic carbocycles. The Morgan fingerprint density at radius 2 is 1.96 bits per heavy atom. The minimum absolute atomic E-state index is 0.0486. The molecule has 3 heterocycles. The van der Waals surface area contributed by atoms with Crippen LogP contribution in [0.5, 0.6) is 0 Å². The lowest BCUT2D eigenvalue weighted by Gasteiger charge is -2.22.